The molecule has 1 saturated heterocycles. The molecule has 202 valence electrons. The summed E-state index contributed by atoms with van der Waals surface area (Å²) in [5.41, 5.74) is 1.15. The summed E-state index contributed by atoms with van der Waals surface area (Å²) in [6, 6.07) is 13.6. The van der Waals surface area contributed by atoms with Crippen LogP contribution >= 0.6 is 34.8 Å². The number of carbonyl (C=O) groups excluding carboxylic acids is 3. The first-order valence-electron chi connectivity index (χ1n) is 11.9. The number of ether oxygens (including phenoxy) is 3. The summed E-state index contributed by atoms with van der Waals surface area (Å²) < 4.78 is 16.9. The van der Waals surface area contributed by atoms with Crippen LogP contribution in [0.15, 0.2) is 60.2 Å². The van der Waals surface area contributed by atoms with Gasteiger partial charge in [0.1, 0.15) is 17.9 Å². The van der Waals surface area contributed by atoms with E-state index in [1.54, 1.807) is 49.4 Å². The molecule has 0 aromatic heterocycles. The number of halogens is 3. The molecule has 1 N–H and O–H groups in total. The molecular weight excluding hydrogens is 567 g/mol. The van der Waals surface area contributed by atoms with Crippen molar-refractivity contribution in [2.24, 2.45) is 0 Å². The third kappa shape index (κ3) is 6.47. The van der Waals surface area contributed by atoms with Crippen LogP contribution in [0.3, 0.4) is 0 Å². The molecule has 0 atom stereocenters. The maximum Gasteiger partial charge on any atom is 0.335 e. The third-order valence-electron chi connectivity index (χ3n) is 5.54. The molecule has 3 aromatic rings. The summed E-state index contributed by atoms with van der Waals surface area (Å²) >= 11 is 18.5. The lowest BCUT2D eigenvalue weighted by Crippen LogP contribution is -2.54. The van der Waals surface area contributed by atoms with E-state index in [-0.39, 0.29) is 22.9 Å². The molecule has 1 heterocycles. The average Bonchev–Trinajstić information content (AvgIpc) is 2.89. The topological polar surface area (TPSA) is 94.2 Å². The standard InChI is InChI=1S/C28H23Cl3N2O6/c1-3-37-24-13-16(12-23(31)25(24)38-4-2)11-21-26(34)32-28(36)33(27(21)35)19-7-9-20(10-8-19)39-15-17-5-6-18(29)14-22(17)30/h5-14H,3-4,15H2,1-2H3,(H,32,34,36)/b21-11+. The van der Waals surface area contributed by atoms with E-state index in [0.717, 1.165) is 10.5 Å². The number of nitrogens with one attached hydrogen (secondary N) is 1. The van der Waals surface area contributed by atoms with Crippen LogP contribution in [-0.4, -0.2) is 31.1 Å². The fraction of sp³-hybridized carbons (Fsp3) is 0.179. The van der Waals surface area contributed by atoms with Gasteiger partial charge in [-0.2, -0.15) is 0 Å². The number of anilines is 1. The zero-order chi connectivity index (χ0) is 28.1. The van der Waals surface area contributed by atoms with E-state index in [2.05, 4.69) is 5.32 Å². The highest BCUT2D eigenvalue weighted by Gasteiger charge is 2.37. The number of imide groups is 2. The van der Waals surface area contributed by atoms with Gasteiger partial charge in [0.2, 0.25) is 0 Å². The normalized spacial score (nSPS) is 14.4. The molecule has 39 heavy (non-hydrogen) atoms. The van der Waals surface area contributed by atoms with Crippen LogP contribution in [0.2, 0.25) is 15.1 Å². The number of barbiturate groups is 1. The third-order valence-corrected chi connectivity index (χ3v) is 6.41. The second-order valence-electron chi connectivity index (χ2n) is 8.17. The molecule has 1 fully saturated rings. The zero-order valence-electron chi connectivity index (χ0n) is 20.9. The number of carbonyl (C=O) groups is 3. The van der Waals surface area contributed by atoms with Gasteiger partial charge >= 0.3 is 6.03 Å². The van der Waals surface area contributed by atoms with E-state index in [1.807, 2.05) is 6.92 Å². The Balaban J connectivity index is 1.57. The van der Waals surface area contributed by atoms with Gasteiger partial charge in [-0.05, 0) is 74.0 Å². The van der Waals surface area contributed by atoms with Crippen LogP contribution in [0.5, 0.6) is 17.2 Å². The second kappa shape index (κ2) is 12.4. The minimum absolute atomic E-state index is 0.189. The van der Waals surface area contributed by atoms with Gasteiger partial charge < -0.3 is 14.2 Å². The summed E-state index contributed by atoms with van der Waals surface area (Å²) in [7, 11) is 0. The number of urea groups is 1. The van der Waals surface area contributed by atoms with Crippen molar-refractivity contribution < 1.29 is 28.6 Å². The zero-order valence-corrected chi connectivity index (χ0v) is 23.2. The lowest BCUT2D eigenvalue weighted by molar-refractivity contribution is -0.122. The van der Waals surface area contributed by atoms with Crippen LogP contribution in [-0.2, 0) is 16.2 Å². The Labute approximate surface area is 240 Å². The number of hydrogen-bond acceptors (Lipinski definition) is 6. The molecule has 0 saturated carbocycles. The molecule has 3 aromatic carbocycles. The van der Waals surface area contributed by atoms with Crippen molar-refractivity contribution in [1.82, 2.24) is 5.32 Å². The van der Waals surface area contributed by atoms with Gasteiger partial charge in [0.25, 0.3) is 11.8 Å². The predicted octanol–water partition coefficient (Wildman–Crippen LogP) is 6.69. The first-order valence-corrected chi connectivity index (χ1v) is 13.0. The summed E-state index contributed by atoms with van der Waals surface area (Å²) in [5, 5.41) is 3.44. The van der Waals surface area contributed by atoms with E-state index in [9.17, 15) is 14.4 Å². The molecule has 4 rings (SSSR count). The second-order valence-corrected chi connectivity index (χ2v) is 9.42. The lowest BCUT2D eigenvalue weighted by Gasteiger charge is -2.26. The van der Waals surface area contributed by atoms with E-state index in [1.165, 1.54) is 18.2 Å². The van der Waals surface area contributed by atoms with Crippen LogP contribution < -0.4 is 24.4 Å². The van der Waals surface area contributed by atoms with E-state index >= 15 is 0 Å². The van der Waals surface area contributed by atoms with Crippen LogP contribution in [0, 0.1) is 0 Å². The lowest BCUT2D eigenvalue weighted by atomic mass is 10.1. The van der Waals surface area contributed by atoms with Crippen LogP contribution in [0.4, 0.5) is 10.5 Å². The van der Waals surface area contributed by atoms with Gasteiger partial charge in [-0.15, -0.1) is 0 Å². The summed E-state index contributed by atoms with van der Waals surface area (Å²) in [6.07, 6.45) is 1.34. The molecule has 8 nitrogen and oxygen atoms in total. The van der Waals surface area contributed by atoms with Crippen molar-refractivity contribution in [2.75, 3.05) is 18.1 Å². The Kier molecular flexibility index (Phi) is 9.01. The van der Waals surface area contributed by atoms with Gasteiger partial charge in [0.15, 0.2) is 11.5 Å². The van der Waals surface area contributed by atoms with E-state index < -0.39 is 17.8 Å². The SMILES string of the molecule is CCOc1cc(/C=C2\C(=O)NC(=O)N(c3ccc(OCc4ccc(Cl)cc4Cl)cc3)C2=O)cc(Cl)c1OCC. The van der Waals surface area contributed by atoms with Gasteiger partial charge in [0, 0.05) is 15.6 Å². The van der Waals surface area contributed by atoms with Crippen LogP contribution in [0.25, 0.3) is 6.08 Å². The smallest absolute Gasteiger partial charge is 0.335 e. The van der Waals surface area contributed by atoms with Crippen molar-refractivity contribution in [3.05, 3.63) is 86.4 Å². The van der Waals surface area contributed by atoms with E-state index in [4.69, 9.17) is 49.0 Å². The fourth-order valence-corrected chi connectivity index (χ4v) is 4.51. The largest absolute Gasteiger partial charge is 0.490 e. The van der Waals surface area contributed by atoms with Crippen molar-refractivity contribution in [1.29, 1.82) is 0 Å². The van der Waals surface area contributed by atoms with Crippen molar-refractivity contribution in [3.63, 3.8) is 0 Å². The molecule has 0 unspecified atom stereocenters. The molecule has 11 heteroatoms. The first kappa shape index (κ1) is 28.3. The molecule has 0 radical (unpaired) electrons. The number of amides is 4. The number of nitrogens with zero attached hydrogens (tertiary/aromatic N) is 1. The van der Waals surface area contributed by atoms with Crippen LogP contribution in [0.1, 0.15) is 25.0 Å². The summed E-state index contributed by atoms with van der Waals surface area (Å²) in [4.78, 5) is 39.4. The highest BCUT2D eigenvalue weighted by atomic mass is 35.5. The maximum absolute atomic E-state index is 13.3. The van der Waals surface area contributed by atoms with Crippen molar-refractivity contribution in [3.8, 4) is 17.2 Å². The van der Waals surface area contributed by atoms with Gasteiger partial charge in [-0.3, -0.25) is 14.9 Å². The Morgan fingerprint density at radius 3 is 2.23 bits per heavy atom. The van der Waals surface area contributed by atoms with Crippen molar-refractivity contribution >= 4 is 64.4 Å². The highest BCUT2D eigenvalue weighted by molar-refractivity contribution is 6.39. The molecule has 0 bridgehead atoms. The molecule has 0 aliphatic carbocycles. The van der Waals surface area contributed by atoms with Gasteiger partial charge in [-0.25, -0.2) is 9.69 Å². The van der Waals surface area contributed by atoms with Gasteiger partial charge in [0.05, 0.1) is 23.9 Å². The highest BCUT2D eigenvalue weighted by Crippen LogP contribution is 2.37. The molecule has 1 aliphatic heterocycles. The maximum atomic E-state index is 13.3. The Bertz CT molecular complexity index is 1460. The van der Waals surface area contributed by atoms with Gasteiger partial charge in [-0.1, -0.05) is 40.9 Å². The Morgan fingerprint density at radius 1 is 0.846 bits per heavy atom. The first-order chi connectivity index (χ1) is 18.7. The molecule has 0 spiro atoms. The fourth-order valence-electron chi connectivity index (χ4n) is 3.77. The minimum Gasteiger partial charge on any atom is -0.490 e. The minimum atomic E-state index is -0.872. The number of benzene rings is 3. The molecular formula is C28H23Cl3N2O6. The van der Waals surface area contributed by atoms with Crippen molar-refractivity contribution in [2.45, 2.75) is 20.5 Å². The Morgan fingerprint density at radius 2 is 1.56 bits per heavy atom. The number of rotatable bonds is 9. The predicted molar refractivity (Wildman–Crippen MR) is 150 cm³/mol. The summed E-state index contributed by atoms with van der Waals surface area (Å²) in [5.74, 6) is -0.419. The Hall–Kier alpha value is -3.72. The average molecular weight is 590 g/mol. The van der Waals surface area contributed by atoms with E-state index in [0.29, 0.717) is 46.1 Å². The molecule has 4 amide bonds. The summed E-state index contributed by atoms with van der Waals surface area (Å²) in [6.45, 7) is 4.53. The quantitative estimate of drug-likeness (QED) is 0.221. The molecule has 1 aliphatic rings. The monoisotopic (exact) mass is 588 g/mol. The number of hydrogen-bond donors (Lipinski definition) is 1.